The van der Waals surface area contributed by atoms with Gasteiger partial charge in [-0.05, 0) is 49.7 Å². The summed E-state index contributed by atoms with van der Waals surface area (Å²) in [7, 11) is 0. The van der Waals surface area contributed by atoms with Crippen LogP contribution in [0.4, 0.5) is 14.5 Å². The summed E-state index contributed by atoms with van der Waals surface area (Å²) in [6.07, 6.45) is -1.08. The fraction of sp³-hybridized carbons (Fsp3) is 0.250. The first kappa shape index (κ1) is 21.8. The van der Waals surface area contributed by atoms with E-state index in [0.717, 1.165) is 11.6 Å². The molecule has 154 valence electrons. The molecule has 29 heavy (non-hydrogen) atoms. The van der Waals surface area contributed by atoms with Gasteiger partial charge in [-0.3, -0.25) is 14.4 Å². The minimum Gasteiger partial charge on any atom is -0.451 e. The number of nitrogens with one attached hydrogen (secondary N) is 2. The molecule has 0 saturated heterocycles. The van der Waals surface area contributed by atoms with E-state index in [0.29, 0.717) is 5.69 Å². The van der Waals surface area contributed by atoms with Crippen LogP contribution >= 0.6 is 0 Å². The lowest BCUT2D eigenvalue weighted by molar-refractivity contribution is -0.152. The Labute approximate surface area is 166 Å². The molecule has 2 aromatic rings. The second-order valence-corrected chi connectivity index (χ2v) is 6.08. The number of hydrogen-bond donors (Lipinski definition) is 2. The molecule has 0 radical (unpaired) electrons. The highest BCUT2D eigenvalue weighted by Crippen LogP contribution is 2.16. The zero-order valence-electron chi connectivity index (χ0n) is 15.8. The summed E-state index contributed by atoms with van der Waals surface area (Å²) in [5.74, 6) is -2.22. The van der Waals surface area contributed by atoms with Crippen molar-refractivity contribution in [2.75, 3.05) is 11.9 Å². The van der Waals surface area contributed by atoms with E-state index in [1.54, 1.807) is 18.2 Å². The molecule has 0 aliphatic heterocycles. The third-order valence-electron chi connectivity index (χ3n) is 3.68. The van der Waals surface area contributed by atoms with E-state index in [2.05, 4.69) is 15.4 Å². The molecular weight excluding hydrogens is 386 g/mol. The monoisotopic (exact) mass is 406 g/mol. The highest BCUT2D eigenvalue weighted by atomic mass is 19.3. The van der Waals surface area contributed by atoms with Crippen molar-refractivity contribution in [3.63, 3.8) is 0 Å². The van der Waals surface area contributed by atoms with Crippen molar-refractivity contribution >= 4 is 23.5 Å². The van der Waals surface area contributed by atoms with Crippen molar-refractivity contribution in [2.24, 2.45) is 0 Å². The number of anilines is 1. The van der Waals surface area contributed by atoms with Crippen LogP contribution in [0.1, 0.15) is 22.8 Å². The van der Waals surface area contributed by atoms with Crippen LogP contribution in [0, 0.1) is 6.92 Å². The van der Waals surface area contributed by atoms with Gasteiger partial charge in [0.1, 0.15) is 12.3 Å². The van der Waals surface area contributed by atoms with Gasteiger partial charge in [-0.25, -0.2) is 0 Å². The molecule has 0 fully saturated rings. The molecule has 2 N–H and O–H groups in total. The number of alkyl halides is 2. The molecule has 2 aromatic carbocycles. The molecule has 0 bridgehead atoms. The lowest BCUT2D eigenvalue weighted by Gasteiger charge is -2.14. The molecule has 0 saturated carbocycles. The molecule has 0 heterocycles. The molecule has 2 rings (SSSR count). The molecule has 9 heteroatoms. The van der Waals surface area contributed by atoms with E-state index < -0.39 is 37.0 Å². The summed E-state index contributed by atoms with van der Waals surface area (Å²) >= 11 is 0. The number of ether oxygens (including phenoxy) is 2. The third-order valence-corrected chi connectivity index (χ3v) is 3.68. The molecule has 0 aliphatic carbocycles. The van der Waals surface area contributed by atoms with E-state index in [4.69, 9.17) is 4.74 Å². The zero-order chi connectivity index (χ0) is 21.4. The van der Waals surface area contributed by atoms with Gasteiger partial charge in [0.2, 0.25) is 0 Å². The first-order valence-corrected chi connectivity index (χ1v) is 8.64. The topological polar surface area (TPSA) is 93.7 Å². The van der Waals surface area contributed by atoms with Gasteiger partial charge in [-0.15, -0.1) is 0 Å². The minimum absolute atomic E-state index is 0.0289. The van der Waals surface area contributed by atoms with E-state index >= 15 is 0 Å². The maximum atomic E-state index is 12.2. The lowest BCUT2D eigenvalue weighted by Crippen LogP contribution is -2.35. The number of aryl methyl sites for hydroxylation is 1. The highest BCUT2D eigenvalue weighted by molar-refractivity contribution is 5.97. The average molecular weight is 406 g/mol. The molecule has 7 nitrogen and oxygen atoms in total. The molecule has 1 atom stereocenters. The van der Waals surface area contributed by atoms with Crippen LogP contribution in [0.15, 0.2) is 48.5 Å². The Morgan fingerprint density at radius 3 is 2.48 bits per heavy atom. The average Bonchev–Trinajstić information content (AvgIpc) is 2.65. The van der Waals surface area contributed by atoms with E-state index in [1.165, 1.54) is 25.1 Å². The van der Waals surface area contributed by atoms with Gasteiger partial charge >= 0.3 is 12.6 Å². The normalized spacial score (nSPS) is 11.5. The van der Waals surface area contributed by atoms with E-state index in [-0.39, 0.29) is 11.3 Å². The number of benzene rings is 2. The molecule has 1 unspecified atom stereocenters. The van der Waals surface area contributed by atoms with Crippen LogP contribution in [0.3, 0.4) is 0 Å². The fourth-order valence-corrected chi connectivity index (χ4v) is 2.33. The van der Waals surface area contributed by atoms with Crippen molar-refractivity contribution in [2.45, 2.75) is 26.6 Å². The SMILES string of the molecule is Cc1cccc(NC(=O)C(C)OC(=O)CNC(=O)c2cccc(OC(F)F)c2)c1. The summed E-state index contributed by atoms with van der Waals surface area (Å²) in [6.45, 7) is -0.246. The Morgan fingerprint density at radius 2 is 1.79 bits per heavy atom. The first-order chi connectivity index (χ1) is 13.7. The van der Waals surface area contributed by atoms with Crippen LogP contribution in [-0.4, -0.2) is 37.0 Å². The second-order valence-electron chi connectivity index (χ2n) is 6.08. The van der Waals surface area contributed by atoms with Gasteiger partial charge in [0.25, 0.3) is 11.8 Å². The van der Waals surface area contributed by atoms with Gasteiger partial charge in [-0.1, -0.05) is 18.2 Å². The van der Waals surface area contributed by atoms with Crippen molar-refractivity contribution < 1.29 is 32.6 Å². The number of carbonyl (C=O) groups is 3. The van der Waals surface area contributed by atoms with Crippen LogP contribution < -0.4 is 15.4 Å². The van der Waals surface area contributed by atoms with Crippen LogP contribution in [-0.2, 0) is 14.3 Å². The predicted molar refractivity (Wildman–Crippen MR) is 101 cm³/mol. The van der Waals surface area contributed by atoms with Gasteiger partial charge in [-0.2, -0.15) is 8.78 Å². The molecule has 2 amide bonds. The first-order valence-electron chi connectivity index (χ1n) is 8.64. The highest BCUT2D eigenvalue weighted by Gasteiger charge is 2.19. The van der Waals surface area contributed by atoms with Gasteiger partial charge in [0, 0.05) is 11.3 Å². The Kier molecular flexibility index (Phi) is 7.64. The largest absolute Gasteiger partial charge is 0.451 e. The van der Waals surface area contributed by atoms with Gasteiger partial charge in [0.15, 0.2) is 6.10 Å². The summed E-state index contributed by atoms with van der Waals surface area (Å²) in [4.78, 5) is 36.0. The number of halogens is 2. The summed E-state index contributed by atoms with van der Waals surface area (Å²) in [6, 6.07) is 12.2. The van der Waals surface area contributed by atoms with Crippen LogP contribution in [0.25, 0.3) is 0 Å². The molecule has 0 aliphatic rings. The number of rotatable bonds is 8. The Morgan fingerprint density at radius 1 is 1.07 bits per heavy atom. The zero-order valence-corrected chi connectivity index (χ0v) is 15.8. The Hall–Kier alpha value is -3.49. The summed E-state index contributed by atoms with van der Waals surface area (Å²) < 4.78 is 33.7. The maximum Gasteiger partial charge on any atom is 0.387 e. The predicted octanol–water partition coefficient (Wildman–Crippen LogP) is 2.90. The lowest BCUT2D eigenvalue weighted by atomic mass is 10.2. The minimum atomic E-state index is -3.02. The van der Waals surface area contributed by atoms with Crippen molar-refractivity contribution in [3.8, 4) is 5.75 Å². The van der Waals surface area contributed by atoms with Crippen molar-refractivity contribution in [1.82, 2.24) is 5.32 Å². The maximum absolute atomic E-state index is 12.2. The number of amides is 2. The summed E-state index contributed by atoms with van der Waals surface area (Å²) in [5, 5.41) is 4.91. The fourth-order valence-electron chi connectivity index (χ4n) is 2.33. The van der Waals surface area contributed by atoms with E-state index in [1.807, 2.05) is 13.0 Å². The third kappa shape index (κ3) is 7.21. The van der Waals surface area contributed by atoms with Gasteiger partial charge in [0.05, 0.1) is 0 Å². The smallest absolute Gasteiger partial charge is 0.387 e. The Bertz CT molecular complexity index is 889. The van der Waals surface area contributed by atoms with Crippen molar-refractivity contribution in [1.29, 1.82) is 0 Å². The Balaban J connectivity index is 1.82. The van der Waals surface area contributed by atoms with Crippen molar-refractivity contribution in [3.05, 3.63) is 59.7 Å². The van der Waals surface area contributed by atoms with E-state index in [9.17, 15) is 23.2 Å². The second kappa shape index (κ2) is 10.2. The molecule has 0 aromatic heterocycles. The quantitative estimate of drug-likeness (QED) is 0.658. The van der Waals surface area contributed by atoms with Crippen LogP contribution in [0.2, 0.25) is 0 Å². The van der Waals surface area contributed by atoms with Crippen LogP contribution in [0.5, 0.6) is 5.75 Å². The number of hydrogen-bond acceptors (Lipinski definition) is 5. The van der Waals surface area contributed by atoms with Gasteiger partial charge < -0.3 is 20.1 Å². The number of esters is 1. The molecular formula is C20H20F2N2O5. The standard InChI is InChI=1S/C20H20F2N2O5/c1-12-5-3-7-15(9-12)24-18(26)13(2)28-17(25)11-23-19(27)14-6-4-8-16(10-14)29-20(21)22/h3-10,13,20H,11H2,1-2H3,(H,23,27)(H,24,26). The number of carbonyl (C=O) groups excluding carboxylic acids is 3. The molecule has 0 spiro atoms. The summed E-state index contributed by atoms with van der Waals surface area (Å²) in [5.41, 5.74) is 1.55.